The number of benzene rings is 1. The Labute approximate surface area is 179 Å². The topological polar surface area (TPSA) is 179 Å². The predicted molar refractivity (Wildman–Crippen MR) is 102 cm³/mol. The van der Waals surface area contributed by atoms with E-state index in [9.17, 15) is 35.7 Å². The summed E-state index contributed by atoms with van der Waals surface area (Å²) in [5, 5.41) is 69.7. The summed E-state index contributed by atoms with van der Waals surface area (Å²) < 4.78 is 22.0. The number of aliphatic hydroxyl groups is 7. The van der Waals surface area contributed by atoms with Gasteiger partial charge in [0.2, 0.25) is 0 Å². The van der Waals surface area contributed by atoms with Crippen LogP contribution in [0.1, 0.15) is 18.6 Å². The molecule has 2 aliphatic rings. The molecule has 2 saturated heterocycles. The maximum atomic E-state index is 10.3. The summed E-state index contributed by atoms with van der Waals surface area (Å²) in [4.78, 5) is 0. The zero-order chi connectivity index (χ0) is 22.7. The number of rotatable bonds is 7. The van der Waals surface area contributed by atoms with Crippen molar-refractivity contribution in [2.45, 2.75) is 74.4 Å². The summed E-state index contributed by atoms with van der Waals surface area (Å²) in [7, 11) is 0. The normalized spacial score (nSPS) is 42.3. The number of hydrogen-bond acceptors (Lipinski definition) is 11. The van der Waals surface area contributed by atoms with Crippen LogP contribution in [0.3, 0.4) is 0 Å². The average Bonchev–Trinajstić information content (AvgIpc) is 2.78. The van der Waals surface area contributed by atoms with Crippen LogP contribution in [-0.2, 0) is 18.9 Å². The largest absolute Gasteiger partial charge is 0.394 e. The molecule has 2 aliphatic heterocycles. The van der Waals surface area contributed by atoms with Crippen molar-refractivity contribution in [1.82, 2.24) is 0 Å². The monoisotopic (exact) mass is 446 g/mol. The van der Waals surface area contributed by atoms with Gasteiger partial charge in [-0.3, -0.25) is 0 Å². The summed E-state index contributed by atoms with van der Waals surface area (Å²) in [6.07, 6.45) is -15.0. The first-order valence-electron chi connectivity index (χ1n) is 10.1. The van der Waals surface area contributed by atoms with E-state index in [1.54, 1.807) is 6.92 Å². The van der Waals surface area contributed by atoms with Crippen LogP contribution in [0, 0.1) is 0 Å². The molecule has 0 radical (unpaired) electrons. The summed E-state index contributed by atoms with van der Waals surface area (Å²) in [6, 6.07) is 9.14. The molecule has 176 valence electrons. The molecule has 3 rings (SSSR count). The molecule has 0 bridgehead atoms. The molecule has 0 aliphatic carbocycles. The van der Waals surface area contributed by atoms with E-state index < -0.39 is 80.7 Å². The third-order valence-corrected chi connectivity index (χ3v) is 5.55. The Morgan fingerprint density at radius 3 is 1.94 bits per heavy atom. The molecule has 11 atom stereocenters. The first-order chi connectivity index (χ1) is 14.7. The molecule has 31 heavy (non-hydrogen) atoms. The van der Waals surface area contributed by atoms with Crippen molar-refractivity contribution in [3.63, 3.8) is 0 Å². The van der Waals surface area contributed by atoms with Crippen molar-refractivity contribution in [2.24, 2.45) is 0 Å². The van der Waals surface area contributed by atoms with Gasteiger partial charge < -0.3 is 54.7 Å². The van der Waals surface area contributed by atoms with Crippen molar-refractivity contribution in [2.75, 3.05) is 13.2 Å². The fourth-order valence-electron chi connectivity index (χ4n) is 3.57. The van der Waals surface area contributed by atoms with Crippen LogP contribution in [0.25, 0.3) is 0 Å². The van der Waals surface area contributed by atoms with Gasteiger partial charge in [0.25, 0.3) is 0 Å². The maximum absolute atomic E-state index is 10.3. The Hall–Kier alpha value is -1.22. The van der Waals surface area contributed by atoms with E-state index in [-0.39, 0.29) is 0 Å². The quantitative estimate of drug-likeness (QED) is 0.233. The van der Waals surface area contributed by atoms with E-state index in [1.165, 1.54) is 0 Å². The second kappa shape index (κ2) is 10.6. The molecular weight excluding hydrogens is 416 g/mol. The van der Waals surface area contributed by atoms with Crippen LogP contribution in [0.4, 0.5) is 0 Å². The third kappa shape index (κ3) is 5.41. The van der Waals surface area contributed by atoms with Gasteiger partial charge in [-0.1, -0.05) is 30.3 Å². The molecule has 1 unspecified atom stereocenters. The van der Waals surface area contributed by atoms with Gasteiger partial charge in [0.05, 0.1) is 19.3 Å². The molecule has 11 heteroatoms. The highest BCUT2D eigenvalue weighted by Gasteiger charge is 2.47. The molecule has 1 aromatic rings. The van der Waals surface area contributed by atoms with E-state index in [1.807, 2.05) is 30.3 Å². The van der Waals surface area contributed by atoms with Crippen molar-refractivity contribution in [1.29, 1.82) is 0 Å². The van der Waals surface area contributed by atoms with Gasteiger partial charge in [-0.15, -0.1) is 0 Å². The van der Waals surface area contributed by atoms with Gasteiger partial charge in [-0.25, -0.2) is 0 Å². The summed E-state index contributed by atoms with van der Waals surface area (Å²) in [5.41, 5.74) is 0.813. The second-order valence-electron chi connectivity index (χ2n) is 7.73. The third-order valence-electron chi connectivity index (χ3n) is 5.55. The van der Waals surface area contributed by atoms with E-state index in [0.717, 1.165) is 5.56 Å². The predicted octanol–water partition coefficient (Wildman–Crippen LogP) is -2.61. The first-order valence-corrected chi connectivity index (χ1v) is 10.1. The van der Waals surface area contributed by atoms with Gasteiger partial charge in [0, 0.05) is 0 Å². The molecule has 0 amide bonds. The van der Waals surface area contributed by atoms with Gasteiger partial charge in [0.15, 0.2) is 12.6 Å². The Morgan fingerprint density at radius 2 is 1.32 bits per heavy atom. The highest BCUT2D eigenvalue weighted by Crippen LogP contribution is 2.28. The summed E-state index contributed by atoms with van der Waals surface area (Å²) >= 11 is 0. The van der Waals surface area contributed by atoms with Crippen molar-refractivity contribution in [3.8, 4) is 0 Å². The lowest BCUT2D eigenvalue weighted by Crippen LogP contribution is -2.61. The van der Waals surface area contributed by atoms with Crippen LogP contribution in [0.2, 0.25) is 0 Å². The number of aliphatic hydroxyl groups excluding tert-OH is 7. The van der Waals surface area contributed by atoms with Crippen molar-refractivity contribution < 1.29 is 54.7 Å². The van der Waals surface area contributed by atoms with Crippen LogP contribution in [0.15, 0.2) is 30.3 Å². The van der Waals surface area contributed by atoms with Crippen LogP contribution < -0.4 is 0 Å². The zero-order valence-corrected chi connectivity index (χ0v) is 16.9. The van der Waals surface area contributed by atoms with Gasteiger partial charge in [-0.05, 0) is 12.5 Å². The molecule has 0 spiro atoms. The Morgan fingerprint density at radius 1 is 0.774 bits per heavy atom. The molecule has 2 heterocycles. The highest BCUT2D eigenvalue weighted by molar-refractivity contribution is 5.16. The zero-order valence-electron chi connectivity index (χ0n) is 16.9. The highest BCUT2D eigenvalue weighted by atomic mass is 16.7. The molecule has 1 aromatic carbocycles. The standard InChI is InChI=1S/C20H30O11/c1-9(10-5-3-2-4-6-10)29-20-18(27)16(25)14(23)12(31-20)8-28-19-17(26)15(24)13(22)11(7-21)30-19/h2-6,9,11-27H,7-8H2,1H3/t9?,11-,12-,13-,14-,15+,16+,17-,18-,19-,20+/m1/s1. The number of hydrogen-bond donors (Lipinski definition) is 7. The molecule has 7 N–H and O–H groups in total. The fraction of sp³-hybridized carbons (Fsp3) is 0.700. The van der Waals surface area contributed by atoms with Crippen LogP contribution in [-0.4, -0.2) is 110 Å². The fourth-order valence-corrected chi connectivity index (χ4v) is 3.57. The van der Waals surface area contributed by atoms with Crippen molar-refractivity contribution in [3.05, 3.63) is 35.9 Å². The second-order valence-corrected chi connectivity index (χ2v) is 7.73. The van der Waals surface area contributed by atoms with E-state index in [0.29, 0.717) is 0 Å². The molecule has 0 saturated carbocycles. The Bertz CT molecular complexity index is 674. The summed E-state index contributed by atoms with van der Waals surface area (Å²) in [6.45, 7) is 0.709. The Balaban J connectivity index is 1.62. The lowest BCUT2D eigenvalue weighted by Gasteiger charge is -2.43. The smallest absolute Gasteiger partial charge is 0.187 e. The molecule has 2 fully saturated rings. The van der Waals surface area contributed by atoms with Crippen LogP contribution in [0.5, 0.6) is 0 Å². The van der Waals surface area contributed by atoms with Crippen molar-refractivity contribution >= 4 is 0 Å². The molecular formula is C20H30O11. The minimum atomic E-state index is -1.63. The lowest BCUT2D eigenvalue weighted by atomic mass is 9.98. The van der Waals surface area contributed by atoms with E-state index in [4.69, 9.17) is 18.9 Å². The SMILES string of the molecule is CC(O[C@H]1O[C@H](CO[C@@H]2O[C@H](CO)[C@@H](O)[C@H](O)[C@H]2O)[C@@H](O)[C@H](O)[C@H]1O)c1ccccc1. The van der Waals surface area contributed by atoms with Gasteiger partial charge in [0.1, 0.15) is 48.8 Å². The average molecular weight is 446 g/mol. The van der Waals surface area contributed by atoms with Gasteiger partial charge in [-0.2, -0.15) is 0 Å². The van der Waals surface area contributed by atoms with Gasteiger partial charge >= 0.3 is 0 Å². The number of ether oxygens (including phenoxy) is 4. The maximum Gasteiger partial charge on any atom is 0.187 e. The molecule has 0 aromatic heterocycles. The Kier molecular flexibility index (Phi) is 8.35. The minimum absolute atomic E-state index is 0.410. The summed E-state index contributed by atoms with van der Waals surface area (Å²) in [5.74, 6) is 0. The van der Waals surface area contributed by atoms with E-state index >= 15 is 0 Å². The first kappa shape index (κ1) is 24.4. The van der Waals surface area contributed by atoms with E-state index in [2.05, 4.69) is 0 Å². The lowest BCUT2D eigenvalue weighted by molar-refractivity contribution is -0.335. The van der Waals surface area contributed by atoms with Crippen LogP contribution >= 0.6 is 0 Å². The minimum Gasteiger partial charge on any atom is -0.394 e. The molecule has 11 nitrogen and oxygen atoms in total.